The van der Waals surface area contributed by atoms with Crippen molar-refractivity contribution in [2.24, 2.45) is 0 Å². The van der Waals surface area contributed by atoms with E-state index in [9.17, 15) is 28.8 Å². The molecule has 0 amide bonds. The molecule has 36 heavy (non-hydrogen) atoms. The molecule has 1 rings (SSSR count). The molecule has 14 heteroatoms. The van der Waals surface area contributed by atoms with E-state index in [0.29, 0.717) is 12.8 Å². The van der Waals surface area contributed by atoms with Crippen LogP contribution in [0.15, 0.2) is 9.81 Å². The minimum atomic E-state index is -1.25. The fourth-order valence-electron chi connectivity index (χ4n) is 2.32. The van der Waals surface area contributed by atoms with E-state index in [1.807, 2.05) is 0 Å². The van der Waals surface area contributed by atoms with Gasteiger partial charge in [-0.25, -0.2) is 9.59 Å². The summed E-state index contributed by atoms with van der Waals surface area (Å²) in [4.78, 5) is 71.5. The van der Waals surface area contributed by atoms with Gasteiger partial charge in [0.2, 0.25) is 0 Å². The van der Waals surface area contributed by atoms with Crippen LogP contribution >= 0.6 is 23.5 Å². The van der Waals surface area contributed by atoms with Crippen molar-refractivity contribution in [1.29, 1.82) is 0 Å². The molecule has 0 radical (unpaired) electrons. The summed E-state index contributed by atoms with van der Waals surface area (Å²) in [5.41, 5.74) is -2.95. The smallest absolute Gasteiger partial charge is 0.347 e. The van der Waals surface area contributed by atoms with Crippen LogP contribution in [-0.2, 0) is 47.7 Å². The van der Waals surface area contributed by atoms with Gasteiger partial charge in [-0.1, -0.05) is 37.4 Å². The molecule has 2 N–H and O–H groups in total. The molecule has 1 heterocycles. The largest absolute Gasteiger partial charge is 0.481 e. The molecule has 0 aliphatic carbocycles. The third-order valence-corrected chi connectivity index (χ3v) is 7.37. The van der Waals surface area contributed by atoms with E-state index in [1.54, 1.807) is 27.7 Å². The van der Waals surface area contributed by atoms with Crippen molar-refractivity contribution in [2.45, 2.75) is 89.3 Å². The Bertz CT molecular complexity index is 816. The summed E-state index contributed by atoms with van der Waals surface area (Å²) < 4.78 is 21.1. The SMILES string of the molecule is CCC(C)OC(=O)C(C(=O)OC(C)CC)=C1SC(OC(=O)CCC(=O)O)C(OC(=O)CCC(=O)O)S1. The summed E-state index contributed by atoms with van der Waals surface area (Å²) >= 11 is 1.48. The van der Waals surface area contributed by atoms with Crippen LogP contribution in [0.1, 0.15) is 66.2 Å². The molecule has 1 fully saturated rings. The van der Waals surface area contributed by atoms with Crippen molar-refractivity contribution in [3.63, 3.8) is 0 Å². The fourth-order valence-corrected chi connectivity index (χ4v) is 5.08. The van der Waals surface area contributed by atoms with E-state index in [0.717, 1.165) is 23.5 Å². The van der Waals surface area contributed by atoms with Crippen LogP contribution in [0.5, 0.6) is 0 Å². The van der Waals surface area contributed by atoms with Gasteiger partial charge in [0.25, 0.3) is 0 Å². The minimum Gasteiger partial charge on any atom is -0.481 e. The fraction of sp³-hybridized carbons (Fsp3) is 0.636. The summed E-state index contributed by atoms with van der Waals surface area (Å²) in [5.74, 6) is -6.20. The second-order valence-electron chi connectivity index (χ2n) is 7.65. The van der Waals surface area contributed by atoms with E-state index in [2.05, 4.69) is 0 Å². The van der Waals surface area contributed by atoms with Crippen molar-refractivity contribution < 1.29 is 57.9 Å². The standard InChI is InChI=1S/C22H30O12S2/c1-5-11(3)31-18(29)17(19(30)32-12(4)6-2)22-35-20(33-15(27)9-7-13(23)24)21(36-22)34-16(28)10-8-14(25)26/h11-12,20-21H,5-10H2,1-4H3,(H,23,24)(H,25,26). The molecule has 0 bridgehead atoms. The van der Waals surface area contributed by atoms with Gasteiger partial charge in [-0.05, 0) is 26.7 Å². The maximum Gasteiger partial charge on any atom is 0.347 e. The van der Waals surface area contributed by atoms with Crippen LogP contribution in [0.2, 0.25) is 0 Å². The number of esters is 4. The Morgan fingerprint density at radius 3 is 1.39 bits per heavy atom. The van der Waals surface area contributed by atoms with E-state index in [4.69, 9.17) is 29.2 Å². The van der Waals surface area contributed by atoms with Crippen molar-refractivity contribution in [2.75, 3.05) is 0 Å². The molecular weight excluding hydrogens is 520 g/mol. The highest BCUT2D eigenvalue weighted by molar-refractivity contribution is 8.25. The second-order valence-corrected chi connectivity index (χ2v) is 10.1. The third kappa shape index (κ3) is 10.9. The Morgan fingerprint density at radius 1 is 0.722 bits per heavy atom. The first-order valence-corrected chi connectivity index (χ1v) is 13.0. The van der Waals surface area contributed by atoms with Gasteiger partial charge in [0.05, 0.1) is 42.1 Å². The van der Waals surface area contributed by atoms with Gasteiger partial charge in [-0.3, -0.25) is 19.2 Å². The Hall–Kier alpha value is -2.74. The van der Waals surface area contributed by atoms with Crippen LogP contribution in [0.3, 0.4) is 0 Å². The molecule has 0 spiro atoms. The molecule has 0 aromatic heterocycles. The minimum absolute atomic E-state index is 0.0173. The van der Waals surface area contributed by atoms with E-state index in [1.165, 1.54) is 0 Å². The van der Waals surface area contributed by atoms with Crippen molar-refractivity contribution in [3.8, 4) is 0 Å². The van der Waals surface area contributed by atoms with E-state index in [-0.39, 0.29) is 4.24 Å². The second kappa shape index (κ2) is 15.4. The Kier molecular flexibility index (Phi) is 13.4. The lowest BCUT2D eigenvalue weighted by Gasteiger charge is -2.18. The zero-order valence-corrected chi connectivity index (χ0v) is 22.0. The van der Waals surface area contributed by atoms with Crippen molar-refractivity contribution >= 4 is 59.3 Å². The van der Waals surface area contributed by atoms with Crippen molar-refractivity contribution in [1.82, 2.24) is 0 Å². The number of carbonyl (C=O) groups excluding carboxylic acids is 4. The van der Waals surface area contributed by atoms with Crippen LogP contribution in [0.4, 0.5) is 0 Å². The highest BCUT2D eigenvalue weighted by Crippen LogP contribution is 2.50. The van der Waals surface area contributed by atoms with E-state index < -0.39 is 90.2 Å². The number of hydrogen-bond donors (Lipinski definition) is 2. The van der Waals surface area contributed by atoms with Gasteiger partial charge in [0.15, 0.2) is 16.4 Å². The lowest BCUT2D eigenvalue weighted by atomic mass is 10.2. The first-order chi connectivity index (χ1) is 16.9. The number of rotatable bonds is 14. The molecule has 12 nitrogen and oxygen atoms in total. The zero-order valence-electron chi connectivity index (χ0n) is 20.3. The topological polar surface area (TPSA) is 180 Å². The number of thioether (sulfide) groups is 2. The Balaban J connectivity index is 3.28. The predicted molar refractivity (Wildman–Crippen MR) is 127 cm³/mol. The highest BCUT2D eigenvalue weighted by atomic mass is 32.2. The Morgan fingerprint density at radius 2 is 1.08 bits per heavy atom. The van der Waals surface area contributed by atoms with Crippen LogP contribution in [0.25, 0.3) is 0 Å². The molecule has 4 unspecified atom stereocenters. The third-order valence-electron chi connectivity index (χ3n) is 4.63. The molecule has 4 atom stereocenters. The Labute approximate surface area is 216 Å². The first-order valence-electron chi connectivity index (χ1n) is 11.2. The summed E-state index contributed by atoms with van der Waals surface area (Å²) in [7, 11) is 0. The van der Waals surface area contributed by atoms with Gasteiger partial charge in [-0.2, -0.15) is 0 Å². The maximum absolute atomic E-state index is 12.9. The molecular formula is C22H30O12S2. The number of carboxylic acid groups (broad SMARTS) is 2. The molecule has 1 aliphatic rings. The van der Waals surface area contributed by atoms with Gasteiger partial charge in [0, 0.05) is 0 Å². The summed E-state index contributed by atoms with van der Waals surface area (Å²) in [5, 5.41) is 17.5. The quantitative estimate of drug-likeness (QED) is 0.106. The molecule has 202 valence electrons. The van der Waals surface area contributed by atoms with Crippen LogP contribution < -0.4 is 0 Å². The number of aliphatic carboxylic acids is 2. The van der Waals surface area contributed by atoms with Gasteiger partial charge >= 0.3 is 35.8 Å². The summed E-state index contributed by atoms with van der Waals surface area (Å²) in [6.07, 6.45) is -2.01. The molecule has 1 saturated heterocycles. The van der Waals surface area contributed by atoms with E-state index >= 15 is 0 Å². The zero-order chi connectivity index (χ0) is 27.4. The normalized spacial score (nSPS) is 18.5. The predicted octanol–water partition coefficient (Wildman–Crippen LogP) is 2.83. The number of hydrogen-bond acceptors (Lipinski definition) is 12. The molecule has 0 aromatic carbocycles. The lowest BCUT2D eigenvalue weighted by Crippen LogP contribution is -2.27. The number of ether oxygens (including phenoxy) is 4. The van der Waals surface area contributed by atoms with Crippen molar-refractivity contribution in [3.05, 3.63) is 9.81 Å². The maximum atomic E-state index is 12.9. The molecule has 0 aromatic rings. The lowest BCUT2D eigenvalue weighted by molar-refractivity contribution is -0.157. The van der Waals surface area contributed by atoms with Gasteiger partial charge in [0.1, 0.15) is 0 Å². The molecule has 0 saturated carbocycles. The monoisotopic (exact) mass is 550 g/mol. The molecule has 1 aliphatic heterocycles. The van der Waals surface area contributed by atoms with Crippen LogP contribution in [0, 0.1) is 0 Å². The number of carboxylic acids is 2. The average Bonchev–Trinajstić information content (AvgIpc) is 3.16. The summed E-state index contributed by atoms with van der Waals surface area (Å²) in [6, 6.07) is 0. The van der Waals surface area contributed by atoms with Crippen LogP contribution in [-0.4, -0.2) is 69.1 Å². The number of carbonyl (C=O) groups is 6. The summed E-state index contributed by atoms with van der Waals surface area (Å²) in [6.45, 7) is 6.82. The van der Waals surface area contributed by atoms with Gasteiger partial charge < -0.3 is 29.2 Å². The first kappa shape index (κ1) is 31.3. The highest BCUT2D eigenvalue weighted by Gasteiger charge is 2.43. The average molecular weight is 551 g/mol. The van der Waals surface area contributed by atoms with Gasteiger partial charge in [-0.15, -0.1) is 0 Å².